The van der Waals surface area contributed by atoms with Gasteiger partial charge in [-0.3, -0.25) is 0 Å². The van der Waals surface area contributed by atoms with Crippen LogP contribution in [0.2, 0.25) is 5.02 Å². The Bertz CT molecular complexity index is 461. The van der Waals surface area contributed by atoms with Gasteiger partial charge < -0.3 is 10.6 Å². The highest BCUT2D eigenvalue weighted by Crippen LogP contribution is 2.24. The summed E-state index contributed by atoms with van der Waals surface area (Å²) in [5, 5.41) is 8.18. The summed E-state index contributed by atoms with van der Waals surface area (Å²) in [7, 11) is 0. The van der Waals surface area contributed by atoms with E-state index in [-0.39, 0.29) is 0 Å². The molecule has 0 saturated heterocycles. The zero-order valence-corrected chi connectivity index (χ0v) is 13.1. The predicted octanol–water partition coefficient (Wildman–Crippen LogP) is 4.51. The van der Waals surface area contributed by atoms with Crippen LogP contribution in [0, 0.1) is 12.8 Å². The van der Waals surface area contributed by atoms with E-state index in [4.69, 9.17) is 23.8 Å². The third kappa shape index (κ3) is 4.08. The van der Waals surface area contributed by atoms with Gasteiger partial charge in [-0.15, -0.1) is 0 Å². The van der Waals surface area contributed by atoms with Crippen LogP contribution >= 0.6 is 23.8 Å². The molecule has 104 valence electrons. The molecule has 1 aromatic carbocycles. The molecule has 1 aromatic rings. The Hall–Kier alpha value is -0.800. The van der Waals surface area contributed by atoms with Crippen molar-refractivity contribution in [2.24, 2.45) is 5.92 Å². The second kappa shape index (κ2) is 6.58. The summed E-state index contributed by atoms with van der Waals surface area (Å²) in [6.07, 6.45) is 5.14. The maximum atomic E-state index is 5.95. The quantitative estimate of drug-likeness (QED) is 0.785. The fourth-order valence-electron chi connectivity index (χ4n) is 2.62. The molecule has 0 amide bonds. The first-order chi connectivity index (χ1) is 9.06. The van der Waals surface area contributed by atoms with Gasteiger partial charge in [0.2, 0.25) is 0 Å². The first-order valence-corrected chi connectivity index (χ1v) is 7.68. The number of hydrogen-bond acceptors (Lipinski definition) is 1. The molecule has 1 aliphatic carbocycles. The van der Waals surface area contributed by atoms with Crippen molar-refractivity contribution >= 4 is 34.6 Å². The summed E-state index contributed by atoms with van der Waals surface area (Å²) in [5.41, 5.74) is 2.12. The van der Waals surface area contributed by atoms with E-state index < -0.39 is 0 Å². The van der Waals surface area contributed by atoms with Gasteiger partial charge in [0.25, 0.3) is 0 Å². The number of nitrogens with one attached hydrogen (secondary N) is 2. The molecule has 4 heteroatoms. The molecule has 1 aliphatic rings. The monoisotopic (exact) mass is 296 g/mol. The fraction of sp³-hybridized carbons (Fsp3) is 0.533. The summed E-state index contributed by atoms with van der Waals surface area (Å²) in [5.74, 6) is 0.694. The highest BCUT2D eigenvalue weighted by molar-refractivity contribution is 7.80. The minimum Gasteiger partial charge on any atom is -0.359 e. The lowest BCUT2D eigenvalue weighted by atomic mass is 9.86. The average molecular weight is 297 g/mol. The van der Waals surface area contributed by atoms with Gasteiger partial charge in [-0.25, -0.2) is 0 Å². The number of halogens is 1. The Kier molecular flexibility index (Phi) is 5.06. The smallest absolute Gasteiger partial charge is 0.171 e. The summed E-state index contributed by atoms with van der Waals surface area (Å²) >= 11 is 11.4. The molecule has 0 radical (unpaired) electrons. The molecule has 0 heterocycles. The van der Waals surface area contributed by atoms with Crippen molar-refractivity contribution in [3.05, 3.63) is 28.8 Å². The van der Waals surface area contributed by atoms with Gasteiger partial charge in [0.05, 0.1) is 0 Å². The molecular weight excluding hydrogens is 276 g/mol. The van der Waals surface area contributed by atoms with Crippen molar-refractivity contribution in [2.75, 3.05) is 5.32 Å². The van der Waals surface area contributed by atoms with Crippen LogP contribution < -0.4 is 10.6 Å². The third-order valence-corrected chi connectivity index (χ3v) is 4.32. The van der Waals surface area contributed by atoms with E-state index in [1.54, 1.807) is 0 Å². The fourth-order valence-corrected chi connectivity index (χ4v) is 3.11. The standard InChI is InChI=1S/C15H21ClN2S/c1-10-5-3-4-6-13(10)17-15(19)18-14-8-7-12(16)9-11(14)2/h7-10,13H,3-6H2,1-2H3,(H2,17,18,19)/t10-,13+/m0/s1. The molecule has 1 fully saturated rings. The van der Waals surface area contributed by atoms with Gasteiger partial charge in [0, 0.05) is 16.8 Å². The van der Waals surface area contributed by atoms with E-state index in [0.717, 1.165) is 16.3 Å². The van der Waals surface area contributed by atoms with Crippen molar-refractivity contribution in [3.63, 3.8) is 0 Å². The Morgan fingerprint density at radius 1 is 1.32 bits per heavy atom. The summed E-state index contributed by atoms with van der Waals surface area (Å²) in [4.78, 5) is 0. The number of hydrogen-bond donors (Lipinski definition) is 2. The lowest BCUT2D eigenvalue weighted by Crippen LogP contribution is -2.43. The van der Waals surface area contributed by atoms with Gasteiger partial charge in [0.15, 0.2) is 5.11 Å². The minimum absolute atomic E-state index is 0.501. The zero-order valence-electron chi connectivity index (χ0n) is 11.5. The lowest BCUT2D eigenvalue weighted by Gasteiger charge is -2.30. The van der Waals surface area contributed by atoms with Crippen LogP contribution in [0.15, 0.2) is 18.2 Å². The lowest BCUT2D eigenvalue weighted by molar-refractivity contribution is 0.309. The minimum atomic E-state index is 0.501. The summed E-state index contributed by atoms with van der Waals surface area (Å²) in [6, 6.07) is 6.29. The largest absolute Gasteiger partial charge is 0.359 e. The van der Waals surface area contributed by atoms with Crippen molar-refractivity contribution < 1.29 is 0 Å². The molecule has 0 spiro atoms. The van der Waals surface area contributed by atoms with Crippen molar-refractivity contribution in [1.82, 2.24) is 5.32 Å². The molecule has 0 unspecified atom stereocenters. The average Bonchev–Trinajstić information content (AvgIpc) is 2.36. The molecule has 2 rings (SSSR count). The van der Waals surface area contributed by atoms with Crippen molar-refractivity contribution in [3.8, 4) is 0 Å². The molecule has 0 aliphatic heterocycles. The highest BCUT2D eigenvalue weighted by atomic mass is 35.5. The van der Waals surface area contributed by atoms with Crippen LogP contribution in [0.3, 0.4) is 0 Å². The predicted molar refractivity (Wildman–Crippen MR) is 87.0 cm³/mol. The first kappa shape index (κ1) is 14.6. The van der Waals surface area contributed by atoms with Gasteiger partial charge >= 0.3 is 0 Å². The van der Waals surface area contributed by atoms with Crippen LogP contribution in [0.5, 0.6) is 0 Å². The molecular formula is C15H21ClN2S. The van der Waals surface area contributed by atoms with Crippen LogP contribution in [-0.4, -0.2) is 11.2 Å². The first-order valence-electron chi connectivity index (χ1n) is 6.90. The van der Waals surface area contributed by atoms with E-state index in [0.29, 0.717) is 17.1 Å². The second-order valence-electron chi connectivity index (χ2n) is 5.43. The molecule has 2 N–H and O–H groups in total. The van der Waals surface area contributed by atoms with E-state index in [2.05, 4.69) is 17.6 Å². The molecule has 2 atom stereocenters. The van der Waals surface area contributed by atoms with E-state index in [9.17, 15) is 0 Å². The maximum absolute atomic E-state index is 5.95. The van der Waals surface area contributed by atoms with Gasteiger partial charge in [-0.05, 0) is 61.7 Å². The molecule has 1 saturated carbocycles. The molecule has 2 nitrogen and oxygen atoms in total. The number of aryl methyl sites for hydroxylation is 1. The van der Waals surface area contributed by atoms with Gasteiger partial charge in [-0.1, -0.05) is 31.4 Å². The zero-order chi connectivity index (χ0) is 13.8. The van der Waals surface area contributed by atoms with Crippen LogP contribution in [-0.2, 0) is 0 Å². The number of thiocarbonyl (C=S) groups is 1. The van der Waals surface area contributed by atoms with Gasteiger partial charge in [-0.2, -0.15) is 0 Å². The number of rotatable bonds is 2. The van der Waals surface area contributed by atoms with Gasteiger partial charge in [0.1, 0.15) is 0 Å². The maximum Gasteiger partial charge on any atom is 0.171 e. The molecule has 0 bridgehead atoms. The van der Waals surface area contributed by atoms with Crippen LogP contribution in [0.4, 0.5) is 5.69 Å². The van der Waals surface area contributed by atoms with Crippen molar-refractivity contribution in [2.45, 2.75) is 45.6 Å². The number of anilines is 1. The summed E-state index contributed by atoms with van der Waals surface area (Å²) in [6.45, 7) is 4.33. The Balaban J connectivity index is 1.93. The van der Waals surface area contributed by atoms with E-state index in [1.165, 1.54) is 25.7 Å². The second-order valence-corrected chi connectivity index (χ2v) is 6.27. The Morgan fingerprint density at radius 3 is 2.74 bits per heavy atom. The molecule has 0 aromatic heterocycles. The summed E-state index contributed by atoms with van der Waals surface area (Å²) < 4.78 is 0. The Morgan fingerprint density at radius 2 is 2.05 bits per heavy atom. The van der Waals surface area contributed by atoms with Crippen molar-refractivity contribution in [1.29, 1.82) is 0 Å². The normalized spacial score (nSPS) is 22.9. The SMILES string of the molecule is Cc1cc(Cl)ccc1NC(=S)N[C@@H]1CCCC[C@@H]1C. The molecule has 19 heavy (non-hydrogen) atoms. The topological polar surface area (TPSA) is 24.1 Å². The van der Waals surface area contributed by atoms with E-state index in [1.807, 2.05) is 25.1 Å². The highest BCUT2D eigenvalue weighted by Gasteiger charge is 2.21. The Labute approximate surface area is 125 Å². The van der Waals surface area contributed by atoms with E-state index >= 15 is 0 Å². The van der Waals surface area contributed by atoms with Crippen LogP contribution in [0.25, 0.3) is 0 Å². The number of benzene rings is 1. The van der Waals surface area contributed by atoms with Crippen LogP contribution in [0.1, 0.15) is 38.2 Å². The third-order valence-electron chi connectivity index (χ3n) is 3.86.